The molecular weight excluding hydrogens is 1670 g/mol. The third-order valence-electron chi connectivity index (χ3n) is 26.7. The molecule has 27 nitrogen and oxygen atoms in total. The molecule has 9 fully saturated rings. The number of anilines is 3. The van der Waals surface area contributed by atoms with E-state index in [4.69, 9.17) is 44.1 Å². The second-order valence-electron chi connectivity index (χ2n) is 36.3. The third-order valence-corrected chi connectivity index (χ3v) is 29.2. The summed E-state index contributed by atoms with van der Waals surface area (Å²) in [6.45, 7) is 20.2. The molecule has 0 bridgehead atoms. The Kier molecular flexibility index (Phi) is 29.2. The second-order valence-corrected chi connectivity index (χ2v) is 42.7. The van der Waals surface area contributed by atoms with E-state index in [1.54, 1.807) is 55.0 Å². The summed E-state index contributed by atoms with van der Waals surface area (Å²) in [5, 5.41) is 1.82. The summed E-state index contributed by atoms with van der Waals surface area (Å²) >= 11 is 0. The van der Waals surface area contributed by atoms with Gasteiger partial charge in [0, 0.05) is 164 Å². The van der Waals surface area contributed by atoms with Crippen LogP contribution in [-0.2, 0) is 66.4 Å². The number of benzene rings is 3. The summed E-state index contributed by atoms with van der Waals surface area (Å²) in [5.74, 6) is 0.973. The molecule has 0 N–H and O–H groups in total. The molecule has 9 aliphatic heterocycles. The average Bonchev–Trinajstić information content (AvgIpc) is 0.768. The van der Waals surface area contributed by atoms with Gasteiger partial charge in [0.2, 0.25) is 35.5 Å². The van der Waals surface area contributed by atoms with Crippen LogP contribution in [0.15, 0.2) is 73.2 Å². The highest BCUT2D eigenvalue weighted by atomic mass is 32.2. The lowest BCUT2D eigenvalue weighted by atomic mass is 9.98. The van der Waals surface area contributed by atoms with Gasteiger partial charge in [-0.15, -0.1) is 0 Å². The minimum Gasteiger partial charge on any atom is -0.481 e. The van der Waals surface area contributed by atoms with Crippen molar-refractivity contribution in [3.63, 3.8) is 0 Å². The number of nitrogens with zero attached hydrogens (tertiary/aromatic N) is 18. The lowest BCUT2D eigenvalue weighted by Crippen LogP contribution is -2.50. The summed E-state index contributed by atoms with van der Waals surface area (Å²) in [6.07, 6.45) is 33.0. The molecule has 3 aromatic carbocycles. The standard InChI is InChI=1S/C32H43FN6O3S.C31H41FN6O3S.C30H39FN6O3S/c1-42-31-25(22-43(2,40)41)17-23(20-34-31)29-28-19-26(33)18-24(30(28)36-32(35-29)39-13-7-4-8-14-39)21-37-15-9-27(10-16-37)38-11-5-3-6-12-38;1-41-30-24(21-42(2,39)40)16-22(19-33-30)28-27-18-25(32)17-23(29(27)35-31(34-28)38-12-4-3-5-13-38)20-36-14-8-26(9-15-36)37-10-6-7-11-37;1-40-29-23(20-41(2,38)39)15-21(18-32-29)27-26-17-24(31)16-22(19-35-13-7-25(8-14-35)36-11-6-12-36)28(26)34-30(33-27)37-9-4-3-5-10-37/h17-20,27H,3-16,21-22H2,1-2H3;16-19,26H,3-15,20-21H2,1-2H3;15-18,25H,3-14,19-20H2,1-2H3. The maximum atomic E-state index is 15.3. The third kappa shape index (κ3) is 22.6. The van der Waals surface area contributed by atoms with E-state index in [1.165, 1.54) is 155 Å². The van der Waals surface area contributed by atoms with Gasteiger partial charge in [0.05, 0.1) is 72.2 Å². The molecule has 0 amide bonds. The maximum Gasteiger partial charge on any atom is 0.226 e. The first kappa shape index (κ1) is 90.7. The molecule has 9 aliphatic rings. The van der Waals surface area contributed by atoms with Gasteiger partial charge < -0.3 is 43.6 Å². The van der Waals surface area contributed by atoms with Crippen molar-refractivity contribution >= 4 is 80.1 Å². The van der Waals surface area contributed by atoms with E-state index in [2.05, 4.69) is 59.1 Å². The molecule has 678 valence electrons. The maximum absolute atomic E-state index is 15.3. The van der Waals surface area contributed by atoms with Gasteiger partial charge >= 0.3 is 0 Å². The zero-order chi connectivity index (χ0) is 87.8. The molecule has 33 heteroatoms. The smallest absolute Gasteiger partial charge is 0.226 e. The van der Waals surface area contributed by atoms with Gasteiger partial charge in [-0.1, -0.05) is 6.42 Å². The molecule has 6 aromatic heterocycles. The Hall–Kier alpha value is -8.67. The highest BCUT2D eigenvalue weighted by Crippen LogP contribution is 2.41. The number of hydrogen-bond acceptors (Lipinski definition) is 27. The number of piperidine rings is 7. The Labute approximate surface area is 740 Å². The first-order valence-corrected chi connectivity index (χ1v) is 51.8. The molecule has 18 rings (SSSR count). The summed E-state index contributed by atoms with van der Waals surface area (Å²) in [5.41, 5.74) is 9.62. The number of likely N-dealkylation sites (tertiary alicyclic amines) is 6. The Balaban J connectivity index is 0.000000139. The van der Waals surface area contributed by atoms with Gasteiger partial charge in [-0.3, -0.25) is 14.7 Å². The van der Waals surface area contributed by atoms with Crippen LogP contribution in [0.3, 0.4) is 0 Å². The first-order valence-electron chi connectivity index (χ1n) is 45.6. The molecule has 0 spiro atoms. The van der Waals surface area contributed by atoms with E-state index in [9.17, 15) is 25.3 Å². The van der Waals surface area contributed by atoms with Crippen molar-refractivity contribution in [1.82, 2.24) is 74.3 Å². The van der Waals surface area contributed by atoms with Crippen LogP contribution in [0.2, 0.25) is 0 Å². The van der Waals surface area contributed by atoms with E-state index < -0.39 is 29.5 Å². The number of ether oxygens (including phenoxy) is 3. The first-order chi connectivity index (χ1) is 60.8. The Morgan fingerprint density at radius 3 is 0.794 bits per heavy atom. The molecule has 126 heavy (non-hydrogen) atoms. The molecule has 9 aromatic rings. The quantitative estimate of drug-likeness (QED) is 0.0543. The zero-order valence-corrected chi connectivity index (χ0v) is 76.5. The van der Waals surface area contributed by atoms with Crippen LogP contribution in [0.5, 0.6) is 17.6 Å². The van der Waals surface area contributed by atoms with Crippen molar-refractivity contribution in [2.75, 3.05) is 173 Å². The van der Waals surface area contributed by atoms with Crippen molar-refractivity contribution in [1.29, 1.82) is 0 Å². The predicted molar refractivity (Wildman–Crippen MR) is 489 cm³/mol. The molecule has 0 atom stereocenters. The molecule has 0 saturated carbocycles. The molecule has 0 aliphatic carbocycles. The predicted octanol–water partition coefficient (Wildman–Crippen LogP) is 13.3. The number of sulfone groups is 3. The van der Waals surface area contributed by atoms with E-state index in [0.29, 0.717) is 122 Å². The van der Waals surface area contributed by atoms with Crippen molar-refractivity contribution in [3.05, 3.63) is 124 Å². The van der Waals surface area contributed by atoms with Crippen LogP contribution >= 0.6 is 0 Å². The van der Waals surface area contributed by atoms with Gasteiger partial charge in [0.15, 0.2) is 29.5 Å². The number of pyridine rings is 3. The summed E-state index contributed by atoms with van der Waals surface area (Å²) < 4.78 is 135. The number of aromatic nitrogens is 9. The zero-order valence-electron chi connectivity index (χ0n) is 74.1. The minimum absolute atomic E-state index is 0.216. The molecule has 9 saturated heterocycles. The van der Waals surface area contributed by atoms with E-state index in [0.717, 1.165) is 189 Å². The van der Waals surface area contributed by atoms with E-state index in [-0.39, 0.29) is 52.4 Å². The van der Waals surface area contributed by atoms with Crippen molar-refractivity contribution in [3.8, 4) is 51.4 Å². The second kappa shape index (κ2) is 40.6. The normalized spacial score (nSPS) is 19.5. The Bertz CT molecular complexity index is 5690. The van der Waals surface area contributed by atoms with Gasteiger partial charge in [-0.2, -0.15) is 0 Å². The lowest BCUT2D eigenvalue weighted by molar-refractivity contribution is 0.0613. The van der Waals surface area contributed by atoms with Crippen molar-refractivity contribution in [2.45, 2.75) is 190 Å². The highest BCUT2D eigenvalue weighted by molar-refractivity contribution is 7.90. The van der Waals surface area contributed by atoms with Crippen LogP contribution in [0.25, 0.3) is 66.5 Å². The minimum atomic E-state index is -3.35. The largest absolute Gasteiger partial charge is 0.481 e. The lowest BCUT2D eigenvalue weighted by Gasteiger charge is -2.43. The van der Waals surface area contributed by atoms with Gasteiger partial charge in [0.25, 0.3) is 0 Å². The highest BCUT2D eigenvalue weighted by Gasteiger charge is 2.34. The summed E-state index contributed by atoms with van der Waals surface area (Å²) in [7, 11) is -5.63. The van der Waals surface area contributed by atoms with Crippen LogP contribution in [0.4, 0.5) is 31.0 Å². The molecule has 15 heterocycles. The van der Waals surface area contributed by atoms with Crippen LogP contribution in [-0.4, -0.2) is 276 Å². The fourth-order valence-electron chi connectivity index (χ4n) is 20.2. The fraction of sp³-hybridized carbons (Fsp3) is 0.581. The SMILES string of the molecule is COc1ncc(-c2nc(N3CCCCC3)nc3c(CN4CCC(N5CCC5)CC4)cc(F)cc23)cc1CS(C)(=O)=O.COc1ncc(-c2nc(N3CCCCC3)nc3c(CN4CCC(N5CCCC5)CC4)cc(F)cc23)cc1CS(C)(=O)=O.COc1ncc(-c2nc(N3CCCCC3)nc3c(CN4CCC(N5CCCCC5)CC4)cc(F)cc23)cc1CS(C)(=O)=O. The van der Waals surface area contributed by atoms with Crippen molar-refractivity contribution < 1.29 is 52.6 Å². The number of halogens is 3. The van der Waals surface area contributed by atoms with Crippen LogP contribution in [0, 0.1) is 17.5 Å². The molecule has 0 unspecified atom stereocenters. The Morgan fingerprint density at radius 1 is 0.310 bits per heavy atom. The topological polar surface area (TPSA) is 275 Å². The molecule has 0 radical (unpaired) electrons. The Morgan fingerprint density at radius 2 is 0.556 bits per heavy atom. The monoisotopic (exact) mass is 1790 g/mol. The number of hydrogen-bond donors (Lipinski definition) is 0. The van der Waals surface area contributed by atoms with Gasteiger partial charge in [-0.25, -0.2) is 83.3 Å². The van der Waals surface area contributed by atoms with Gasteiger partial charge in [-0.05, 0) is 278 Å². The van der Waals surface area contributed by atoms with Crippen LogP contribution < -0.4 is 28.9 Å². The van der Waals surface area contributed by atoms with Crippen molar-refractivity contribution in [2.24, 2.45) is 0 Å². The molecular formula is C93H123F3N18O9S3. The van der Waals surface area contributed by atoms with Crippen LogP contribution in [0.1, 0.15) is 168 Å². The van der Waals surface area contributed by atoms with E-state index >= 15 is 13.2 Å². The number of methoxy groups -OCH3 is 3. The van der Waals surface area contributed by atoms with E-state index in [1.807, 2.05) is 0 Å². The fourth-order valence-corrected chi connectivity index (χ4v) is 22.5. The van der Waals surface area contributed by atoms with Gasteiger partial charge in [0.1, 0.15) is 17.5 Å². The summed E-state index contributed by atoms with van der Waals surface area (Å²) in [4.78, 5) is 65.1. The number of rotatable bonds is 24. The number of fused-ring (bicyclic) bond motifs is 3. The summed E-state index contributed by atoms with van der Waals surface area (Å²) in [6, 6.07) is 16.5. The average molecular weight is 1790 g/mol.